The second-order valence-corrected chi connectivity index (χ2v) is 5.17. The second kappa shape index (κ2) is 8.01. The fourth-order valence-corrected chi connectivity index (χ4v) is 1.67. The smallest absolute Gasteiger partial charge is 0.295 e. The van der Waals surface area contributed by atoms with E-state index in [1.165, 1.54) is 6.07 Å². The predicted octanol–water partition coefficient (Wildman–Crippen LogP) is 3.86. The number of halogens is 2. The van der Waals surface area contributed by atoms with E-state index < -0.39 is 10.7 Å². The predicted molar refractivity (Wildman–Crippen MR) is 76.8 cm³/mol. The summed E-state index contributed by atoms with van der Waals surface area (Å²) in [7, 11) is 0. The number of hydrogen-bond acceptors (Lipinski definition) is 4. The number of anilines is 1. The summed E-state index contributed by atoms with van der Waals surface area (Å²) in [6.45, 7) is 5.66. The Morgan fingerprint density at radius 3 is 2.75 bits per heavy atom. The molecule has 0 aromatic heterocycles. The lowest BCUT2D eigenvalue weighted by atomic mass is 10.1. The van der Waals surface area contributed by atoms with Crippen molar-refractivity contribution in [3.8, 4) is 0 Å². The first kappa shape index (κ1) is 16.7. The highest BCUT2D eigenvalue weighted by molar-refractivity contribution is 6.31. The van der Waals surface area contributed by atoms with Crippen LogP contribution >= 0.6 is 11.6 Å². The van der Waals surface area contributed by atoms with Crippen LogP contribution in [0.5, 0.6) is 0 Å². The van der Waals surface area contributed by atoms with Crippen LogP contribution in [0.2, 0.25) is 5.02 Å². The van der Waals surface area contributed by atoms with Gasteiger partial charge in [0.2, 0.25) is 0 Å². The molecule has 0 heterocycles. The minimum absolute atomic E-state index is 0.154. The van der Waals surface area contributed by atoms with Gasteiger partial charge in [0.25, 0.3) is 5.69 Å². The van der Waals surface area contributed by atoms with Gasteiger partial charge in [-0.25, -0.2) is 4.39 Å². The summed E-state index contributed by atoms with van der Waals surface area (Å²) in [5, 5.41) is 13.5. The van der Waals surface area contributed by atoms with Crippen molar-refractivity contribution in [2.75, 3.05) is 25.1 Å². The lowest BCUT2D eigenvalue weighted by Gasteiger charge is -2.09. The van der Waals surface area contributed by atoms with Crippen LogP contribution in [0.3, 0.4) is 0 Å². The molecule has 0 radical (unpaired) electrons. The van der Waals surface area contributed by atoms with Crippen LogP contribution in [-0.2, 0) is 4.74 Å². The summed E-state index contributed by atoms with van der Waals surface area (Å²) in [4.78, 5) is 10.2. The molecule has 1 rings (SSSR count). The first-order valence-electron chi connectivity index (χ1n) is 6.37. The molecule has 0 fully saturated rings. The lowest BCUT2D eigenvalue weighted by Crippen LogP contribution is -2.12. The maximum atomic E-state index is 13.2. The van der Waals surface area contributed by atoms with E-state index in [1.807, 2.05) is 0 Å². The average Bonchev–Trinajstić information content (AvgIpc) is 2.36. The average molecular weight is 305 g/mol. The standard InChI is InChI=1S/C13H18ClFN2O3/c1-9(2)3-5-20-6-4-16-12-7-10(14)11(15)8-13(12)17(18)19/h7-9,16H,3-6H2,1-2H3. The molecule has 0 unspecified atom stereocenters. The summed E-state index contributed by atoms with van der Waals surface area (Å²) in [6, 6.07) is 2.02. The highest BCUT2D eigenvalue weighted by Crippen LogP contribution is 2.30. The van der Waals surface area contributed by atoms with E-state index in [1.54, 1.807) is 0 Å². The second-order valence-electron chi connectivity index (χ2n) is 4.76. The minimum atomic E-state index is -0.808. The topological polar surface area (TPSA) is 64.4 Å². The van der Waals surface area contributed by atoms with Crippen molar-refractivity contribution in [2.24, 2.45) is 5.92 Å². The Bertz CT molecular complexity index is 469. The van der Waals surface area contributed by atoms with Gasteiger partial charge in [0.15, 0.2) is 0 Å². The van der Waals surface area contributed by atoms with E-state index in [-0.39, 0.29) is 16.4 Å². The summed E-state index contributed by atoms with van der Waals surface area (Å²) >= 11 is 5.62. The fourth-order valence-electron chi connectivity index (χ4n) is 1.51. The molecule has 0 spiro atoms. The number of nitrogens with one attached hydrogen (secondary N) is 1. The number of ether oxygens (including phenoxy) is 1. The van der Waals surface area contributed by atoms with Gasteiger partial charge in [0.05, 0.1) is 22.6 Å². The Balaban J connectivity index is 2.51. The zero-order valence-corrected chi connectivity index (χ0v) is 12.2. The monoisotopic (exact) mass is 304 g/mol. The Kier molecular flexibility index (Phi) is 6.67. The summed E-state index contributed by atoms with van der Waals surface area (Å²) in [5.41, 5.74) is -0.150. The maximum Gasteiger partial charge on any atom is 0.295 e. The molecular formula is C13H18ClFN2O3. The number of nitro groups is 1. The van der Waals surface area contributed by atoms with Crippen molar-refractivity contribution in [1.29, 1.82) is 0 Å². The number of nitro benzene ring substituents is 1. The van der Waals surface area contributed by atoms with Gasteiger partial charge in [-0.05, 0) is 18.4 Å². The molecule has 0 bridgehead atoms. The van der Waals surface area contributed by atoms with E-state index in [0.29, 0.717) is 25.7 Å². The van der Waals surface area contributed by atoms with E-state index in [9.17, 15) is 14.5 Å². The molecule has 1 N–H and O–H groups in total. The molecule has 20 heavy (non-hydrogen) atoms. The molecule has 7 heteroatoms. The zero-order chi connectivity index (χ0) is 15.1. The Morgan fingerprint density at radius 1 is 1.45 bits per heavy atom. The summed E-state index contributed by atoms with van der Waals surface area (Å²) in [6.07, 6.45) is 0.961. The minimum Gasteiger partial charge on any atom is -0.380 e. The van der Waals surface area contributed by atoms with Crippen LogP contribution in [0, 0.1) is 21.8 Å². The molecule has 0 aliphatic heterocycles. The molecule has 0 saturated carbocycles. The SMILES string of the molecule is CC(C)CCOCCNc1cc(Cl)c(F)cc1[N+](=O)[O-]. The molecule has 1 aromatic rings. The van der Waals surface area contributed by atoms with Crippen molar-refractivity contribution in [2.45, 2.75) is 20.3 Å². The van der Waals surface area contributed by atoms with Gasteiger partial charge in [0, 0.05) is 13.2 Å². The van der Waals surface area contributed by atoms with Crippen molar-refractivity contribution in [1.82, 2.24) is 0 Å². The van der Waals surface area contributed by atoms with Crippen LogP contribution < -0.4 is 5.32 Å². The molecule has 1 aromatic carbocycles. The molecule has 0 amide bonds. The van der Waals surface area contributed by atoms with Gasteiger partial charge in [0.1, 0.15) is 11.5 Å². The Hall–Kier alpha value is -1.40. The van der Waals surface area contributed by atoms with Crippen LogP contribution in [-0.4, -0.2) is 24.7 Å². The number of hydrogen-bond donors (Lipinski definition) is 1. The quantitative estimate of drug-likeness (QED) is 0.450. The van der Waals surface area contributed by atoms with Crippen molar-refractivity contribution < 1.29 is 14.1 Å². The molecule has 0 aliphatic rings. The normalized spacial score (nSPS) is 10.8. The van der Waals surface area contributed by atoms with Crippen LogP contribution in [0.1, 0.15) is 20.3 Å². The zero-order valence-electron chi connectivity index (χ0n) is 11.5. The Morgan fingerprint density at radius 2 is 2.15 bits per heavy atom. The first-order valence-corrected chi connectivity index (χ1v) is 6.74. The molecule has 0 aliphatic carbocycles. The third-order valence-corrected chi connectivity index (χ3v) is 2.93. The molecule has 0 saturated heterocycles. The number of rotatable bonds is 8. The van der Waals surface area contributed by atoms with Crippen LogP contribution in [0.15, 0.2) is 12.1 Å². The summed E-state index contributed by atoms with van der Waals surface area (Å²) in [5.74, 6) is -0.239. The van der Waals surface area contributed by atoms with E-state index in [0.717, 1.165) is 12.5 Å². The van der Waals surface area contributed by atoms with Gasteiger partial charge >= 0.3 is 0 Å². The van der Waals surface area contributed by atoms with Gasteiger partial charge in [-0.2, -0.15) is 0 Å². The maximum absolute atomic E-state index is 13.2. The van der Waals surface area contributed by atoms with Gasteiger partial charge < -0.3 is 10.1 Å². The van der Waals surface area contributed by atoms with Gasteiger partial charge in [-0.3, -0.25) is 10.1 Å². The van der Waals surface area contributed by atoms with Crippen molar-refractivity contribution in [3.63, 3.8) is 0 Å². The van der Waals surface area contributed by atoms with Crippen LogP contribution in [0.25, 0.3) is 0 Å². The third kappa shape index (κ3) is 5.30. The fraction of sp³-hybridized carbons (Fsp3) is 0.538. The molecule has 112 valence electrons. The molecular weight excluding hydrogens is 287 g/mol. The number of nitrogens with zero attached hydrogens (tertiary/aromatic N) is 1. The van der Waals surface area contributed by atoms with E-state index in [2.05, 4.69) is 19.2 Å². The molecule has 0 atom stereocenters. The Labute approximate surface area is 122 Å². The van der Waals surface area contributed by atoms with Gasteiger partial charge in [-0.15, -0.1) is 0 Å². The van der Waals surface area contributed by atoms with Crippen molar-refractivity contribution >= 4 is 23.0 Å². The third-order valence-electron chi connectivity index (χ3n) is 2.64. The number of benzene rings is 1. The first-order chi connectivity index (χ1) is 9.41. The van der Waals surface area contributed by atoms with Gasteiger partial charge in [-0.1, -0.05) is 25.4 Å². The van der Waals surface area contributed by atoms with Crippen LogP contribution in [0.4, 0.5) is 15.8 Å². The lowest BCUT2D eigenvalue weighted by molar-refractivity contribution is -0.384. The molecule has 5 nitrogen and oxygen atoms in total. The largest absolute Gasteiger partial charge is 0.380 e. The van der Waals surface area contributed by atoms with E-state index >= 15 is 0 Å². The summed E-state index contributed by atoms with van der Waals surface area (Å²) < 4.78 is 18.6. The van der Waals surface area contributed by atoms with E-state index in [4.69, 9.17) is 16.3 Å². The highest BCUT2D eigenvalue weighted by atomic mass is 35.5. The highest BCUT2D eigenvalue weighted by Gasteiger charge is 2.17. The van der Waals surface area contributed by atoms with Crippen molar-refractivity contribution in [3.05, 3.63) is 33.1 Å².